The molecule has 3 aromatic rings. The predicted octanol–water partition coefficient (Wildman–Crippen LogP) is 3.31. The lowest BCUT2D eigenvalue weighted by atomic mass is 10.1. The molecule has 11 heteroatoms. The highest BCUT2D eigenvalue weighted by Crippen LogP contribution is 2.32. The summed E-state index contributed by atoms with van der Waals surface area (Å²) in [6, 6.07) is 10.5. The smallest absolute Gasteiger partial charge is 0.417 e. The molecule has 38 heavy (non-hydrogen) atoms. The molecule has 2 N–H and O–H groups in total. The van der Waals surface area contributed by atoms with Crippen molar-refractivity contribution in [2.24, 2.45) is 12.8 Å². The number of carbonyl (C=O) groups excluding carboxylic acids is 3. The number of hydrogen-bond acceptors (Lipinski definition) is 8. The van der Waals surface area contributed by atoms with Crippen LogP contribution in [0.2, 0.25) is 0 Å². The molecule has 2 aromatic carbocycles. The topological polar surface area (TPSA) is 129 Å². The highest BCUT2D eigenvalue weighted by atomic mass is 16.6. The number of aryl methyl sites for hydroxylation is 1. The minimum atomic E-state index is -0.641. The number of fused-ring (bicyclic) bond motifs is 1. The standard InChI is InChI=1S/C27H33N5O6/c1-27(2,3)38-26(35)32-12-11-31(17-23(32)33)10-5-13-36-20-6-8-21(9-7-20)37-22-15-18(25(28)34)14-19-16-29-30(4)24(19)22/h6-9,14-16H,5,10-13,17H2,1-4H3,(H2,28,34). The quantitative estimate of drug-likeness (QED) is 0.445. The molecule has 1 aliphatic rings. The van der Waals surface area contributed by atoms with Crippen LogP contribution in [0.3, 0.4) is 0 Å². The molecule has 4 rings (SSSR count). The van der Waals surface area contributed by atoms with Crippen molar-refractivity contribution in [2.75, 3.05) is 32.8 Å². The number of aromatic nitrogens is 2. The van der Waals surface area contributed by atoms with Gasteiger partial charge in [0.05, 0.1) is 19.3 Å². The minimum absolute atomic E-state index is 0.173. The van der Waals surface area contributed by atoms with Crippen LogP contribution < -0.4 is 15.2 Å². The van der Waals surface area contributed by atoms with E-state index in [4.69, 9.17) is 19.9 Å². The van der Waals surface area contributed by atoms with Crippen LogP contribution in [0.25, 0.3) is 10.9 Å². The largest absolute Gasteiger partial charge is 0.494 e. The Labute approximate surface area is 221 Å². The van der Waals surface area contributed by atoms with Gasteiger partial charge in [-0.25, -0.2) is 9.69 Å². The summed E-state index contributed by atoms with van der Waals surface area (Å²) in [5.41, 5.74) is 5.92. The maximum absolute atomic E-state index is 12.4. The van der Waals surface area contributed by atoms with Crippen LogP contribution >= 0.6 is 0 Å². The van der Waals surface area contributed by atoms with Crippen LogP contribution in [-0.4, -0.2) is 75.9 Å². The third-order valence-corrected chi connectivity index (χ3v) is 5.94. The number of ether oxygens (including phenoxy) is 3. The van der Waals surface area contributed by atoms with Gasteiger partial charge in [-0.3, -0.25) is 19.2 Å². The van der Waals surface area contributed by atoms with Crippen LogP contribution in [0.15, 0.2) is 42.6 Å². The number of nitrogens with zero attached hydrogens (tertiary/aromatic N) is 4. The third-order valence-electron chi connectivity index (χ3n) is 5.94. The van der Waals surface area contributed by atoms with Crippen LogP contribution in [0.5, 0.6) is 17.2 Å². The number of nitrogens with two attached hydrogens (primary N) is 1. The monoisotopic (exact) mass is 523 g/mol. The number of carbonyl (C=O) groups is 3. The van der Waals surface area contributed by atoms with Gasteiger partial charge >= 0.3 is 6.09 Å². The molecule has 0 radical (unpaired) electrons. The van der Waals surface area contributed by atoms with E-state index in [1.54, 1.807) is 75.1 Å². The summed E-state index contributed by atoms with van der Waals surface area (Å²) < 4.78 is 18.9. The molecule has 0 unspecified atom stereocenters. The fraction of sp³-hybridized carbons (Fsp3) is 0.407. The molecule has 1 aromatic heterocycles. The molecule has 1 aliphatic heterocycles. The van der Waals surface area contributed by atoms with Crippen molar-refractivity contribution in [3.8, 4) is 17.2 Å². The molecule has 202 valence electrons. The van der Waals surface area contributed by atoms with Crippen LogP contribution in [-0.2, 0) is 16.6 Å². The summed E-state index contributed by atoms with van der Waals surface area (Å²) in [6.07, 6.45) is 1.78. The van der Waals surface area contributed by atoms with E-state index in [0.29, 0.717) is 49.1 Å². The van der Waals surface area contributed by atoms with E-state index in [0.717, 1.165) is 17.3 Å². The van der Waals surface area contributed by atoms with Gasteiger partial charge in [0.15, 0.2) is 5.75 Å². The highest BCUT2D eigenvalue weighted by Gasteiger charge is 2.31. The molecular weight excluding hydrogens is 490 g/mol. The van der Waals surface area contributed by atoms with Crippen molar-refractivity contribution >= 4 is 28.8 Å². The Morgan fingerprint density at radius 2 is 1.79 bits per heavy atom. The van der Waals surface area contributed by atoms with Crippen molar-refractivity contribution in [1.29, 1.82) is 0 Å². The van der Waals surface area contributed by atoms with Gasteiger partial charge in [0.2, 0.25) is 11.8 Å². The number of benzene rings is 2. The second-order valence-corrected chi connectivity index (χ2v) is 10.1. The number of piperazine rings is 1. The van der Waals surface area contributed by atoms with E-state index in [1.807, 2.05) is 4.90 Å². The predicted molar refractivity (Wildman–Crippen MR) is 140 cm³/mol. The second kappa shape index (κ2) is 11.1. The van der Waals surface area contributed by atoms with Crippen molar-refractivity contribution < 1.29 is 28.6 Å². The van der Waals surface area contributed by atoms with Crippen LogP contribution in [0.4, 0.5) is 4.79 Å². The third kappa shape index (κ3) is 6.60. The van der Waals surface area contributed by atoms with Gasteiger partial charge < -0.3 is 19.9 Å². The molecule has 0 atom stereocenters. The normalized spacial score (nSPS) is 14.5. The molecule has 0 aliphatic carbocycles. The zero-order valence-corrected chi connectivity index (χ0v) is 22.1. The zero-order chi connectivity index (χ0) is 27.4. The lowest BCUT2D eigenvalue weighted by Gasteiger charge is -2.34. The summed E-state index contributed by atoms with van der Waals surface area (Å²) in [7, 11) is 1.80. The molecular formula is C27H33N5O6. The molecule has 2 heterocycles. The van der Waals surface area contributed by atoms with Gasteiger partial charge in [0, 0.05) is 37.6 Å². The number of amides is 3. The lowest BCUT2D eigenvalue weighted by Crippen LogP contribution is -2.53. The second-order valence-electron chi connectivity index (χ2n) is 10.1. The Hall–Kier alpha value is -4.12. The zero-order valence-electron chi connectivity index (χ0n) is 22.1. The maximum Gasteiger partial charge on any atom is 0.417 e. The van der Waals surface area contributed by atoms with E-state index >= 15 is 0 Å². The Bertz CT molecular complexity index is 1330. The Morgan fingerprint density at radius 1 is 1.08 bits per heavy atom. The van der Waals surface area contributed by atoms with E-state index in [9.17, 15) is 14.4 Å². The summed E-state index contributed by atoms with van der Waals surface area (Å²) in [6.45, 7) is 7.54. The first-order valence-corrected chi connectivity index (χ1v) is 12.4. The van der Waals surface area contributed by atoms with Crippen LogP contribution in [0.1, 0.15) is 37.6 Å². The number of imide groups is 1. The van der Waals surface area contributed by atoms with E-state index in [-0.39, 0.29) is 12.5 Å². The Balaban J connectivity index is 1.25. The number of hydrogen-bond donors (Lipinski definition) is 1. The average molecular weight is 524 g/mol. The maximum atomic E-state index is 12.4. The summed E-state index contributed by atoms with van der Waals surface area (Å²) in [5.74, 6) is 0.930. The fourth-order valence-corrected chi connectivity index (χ4v) is 4.13. The van der Waals surface area contributed by atoms with E-state index < -0.39 is 17.6 Å². The van der Waals surface area contributed by atoms with Gasteiger partial charge in [-0.05, 0) is 63.6 Å². The van der Waals surface area contributed by atoms with Gasteiger partial charge in [0.25, 0.3) is 0 Å². The van der Waals surface area contributed by atoms with Crippen LogP contribution in [0, 0.1) is 0 Å². The fourth-order valence-electron chi connectivity index (χ4n) is 4.13. The summed E-state index contributed by atoms with van der Waals surface area (Å²) in [5, 5.41) is 4.99. The van der Waals surface area contributed by atoms with Gasteiger partial charge in [-0.15, -0.1) is 0 Å². The van der Waals surface area contributed by atoms with E-state index in [1.165, 1.54) is 4.90 Å². The van der Waals surface area contributed by atoms with Gasteiger partial charge in [0.1, 0.15) is 22.6 Å². The summed E-state index contributed by atoms with van der Waals surface area (Å²) in [4.78, 5) is 39.5. The SMILES string of the molecule is Cn1ncc2cc(C(N)=O)cc(Oc3ccc(OCCCN4CCN(C(=O)OC(C)(C)C)C(=O)C4)cc3)c21. The van der Waals surface area contributed by atoms with Crippen molar-refractivity contribution in [3.05, 3.63) is 48.2 Å². The lowest BCUT2D eigenvalue weighted by molar-refractivity contribution is -0.134. The molecule has 0 bridgehead atoms. The Morgan fingerprint density at radius 3 is 2.45 bits per heavy atom. The van der Waals surface area contributed by atoms with Crippen molar-refractivity contribution in [2.45, 2.75) is 32.8 Å². The summed E-state index contributed by atoms with van der Waals surface area (Å²) >= 11 is 0. The molecule has 0 spiro atoms. The number of rotatable bonds is 8. The van der Waals surface area contributed by atoms with E-state index in [2.05, 4.69) is 5.10 Å². The Kier molecular flexibility index (Phi) is 7.86. The molecule has 11 nitrogen and oxygen atoms in total. The molecule has 1 saturated heterocycles. The van der Waals surface area contributed by atoms with Crippen molar-refractivity contribution in [1.82, 2.24) is 19.6 Å². The molecule has 1 fully saturated rings. The number of primary amides is 1. The first-order valence-electron chi connectivity index (χ1n) is 12.4. The van der Waals surface area contributed by atoms with Crippen molar-refractivity contribution in [3.63, 3.8) is 0 Å². The first-order chi connectivity index (χ1) is 18.0. The van der Waals surface area contributed by atoms with Gasteiger partial charge in [-0.2, -0.15) is 5.10 Å². The first kappa shape index (κ1) is 26.9. The van der Waals surface area contributed by atoms with Gasteiger partial charge in [-0.1, -0.05) is 0 Å². The highest BCUT2D eigenvalue weighted by molar-refractivity contribution is 5.99. The molecule has 0 saturated carbocycles. The molecule has 3 amide bonds. The average Bonchev–Trinajstić information content (AvgIpc) is 3.22. The minimum Gasteiger partial charge on any atom is -0.494 e.